The Morgan fingerprint density at radius 1 is 1.28 bits per heavy atom. The Hall–Kier alpha value is -2.39. The largest absolute Gasteiger partial charge is 0.459 e. The van der Waals surface area contributed by atoms with Gasteiger partial charge in [0.1, 0.15) is 10.8 Å². The van der Waals surface area contributed by atoms with Crippen LogP contribution in [-0.2, 0) is 24.1 Å². The monoisotopic (exact) mass is 519 g/mol. The predicted molar refractivity (Wildman–Crippen MR) is 127 cm³/mol. The summed E-state index contributed by atoms with van der Waals surface area (Å²) in [5.41, 5.74) is 3.39. The molecule has 3 aromatic heterocycles. The summed E-state index contributed by atoms with van der Waals surface area (Å²) in [6.07, 6.45) is 3.63. The fraction of sp³-hybridized carbons (Fsp3) is 0.435. The van der Waals surface area contributed by atoms with E-state index in [0.29, 0.717) is 22.9 Å². The summed E-state index contributed by atoms with van der Waals surface area (Å²) in [5, 5.41) is 7.91. The van der Waals surface area contributed by atoms with Gasteiger partial charge in [-0.2, -0.15) is 5.10 Å². The zero-order valence-electron chi connectivity index (χ0n) is 18.6. The summed E-state index contributed by atoms with van der Waals surface area (Å²) in [7, 11) is 0. The molecule has 0 saturated heterocycles. The number of carbonyl (C=O) groups is 2. The first kappa shape index (κ1) is 22.8. The van der Waals surface area contributed by atoms with Crippen molar-refractivity contribution in [2.75, 3.05) is 5.32 Å². The summed E-state index contributed by atoms with van der Waals surface area (Å²) in [4.78, 5) is 26.9. The van der Waals surface area contributed by atoms with Gasteiger partial charge in [-0.1, -0.05) is 0 Å². The highest BCUT2D eigenvalue weighted by Crippen LogP contribution is 2.39. The van der Waals surface area contributed by atoms with E-state index in [0.717, 1.165) is 52.0 Å². The van der Waals surface area contributed by atoms with E-state index in [1.165, 1.54) is 11.3 Å². The van der Waals surface area contributed by atoms with Crippen molar-refractivity contribution in [3.63, 3.8) is 0 Å². The predicted octanol–water partition coefficient (Wildman–Crippen LogP) is 5.66. The summed E-state index contributed by atoms with van der Waals surface area (Å²) in [5.74, 6) is 0.0428. The van der Waals surface area contributed by atoms with Gasteiger partial charge in [0.2, 0.25) is 0 Å². The van der Waals surface area contributed by atoms with Crippen molar-refractivity contribution in [2.45, 2.75) is 66.0 Å². The number of nitrogens with zero attached hydrogens (tertiary/aromatic N) is 2. The van der Waals surface area contributed by atoms with Gasteiger partial charge in [0.15, 0.2) is 5.76 Å². The van der Waals surface area contributed by atoms with Crippen LogP contribution in [0, 0.1) is 13.8 Å². The number of halogens is 1. The second-order valence-corrected chi connectivity index (χ2v) is 10.1. The molecule has 0 unspecified atom stereocenters. The maximum absolute atomic E-state index is 12.9. The molecule has 0 bridgehead atoms. The molecule has 1 aliphatic rings. The van der Waals surface area contributed by atoms with Crippen molar-refractivity contribution >= 4 is 44.1 Å². The highest BCUT2D eigenvalue weighted by atomic mass is 79.9. The van der Waals surface area contributed by atoms with Gasteiger partial charge in [-0.05, 0) is 87.0 Å². The van der Waals surface area contributed by atoms with Crippen molar-refractivity contribution < 1.29 is 18.7 Å². The molecule has 3 heterocycles. The fourth-order valence-electron chi connectivity index (χ4n) is 3.87. The number of aryl methyl sites for hydroxylation is 2. The van der Waals surface area contributed by atoms with E-state index in [1.54, 1.807) is 12.1 Å². The number of carbonyl (C=O) groups excluding carboxylic acids is 2. The van der Waals surface area contributed by atoms with Crippen LogP contribution in [0.1, 0.15) is 75.2 Å². The molecule has 1 amide bonds. The zero-order valence-corrected chi connectivity index (χ0v) is 21.0. The Morgan fingerprint density at radius 3 is 2.72 bits per heavy atom. The second-order valence-electron chi connectivity index (χ2n) is 8.23. The molecule has 3 aromatic rings. The van der Waals surface area contributed by atoms with Crippen LogP contribution in [0.4, 0.5) is 5.00 Å². The third kappa shape index (κ3) is 4.54. The molecule has 7 nitrogen and oxygen atoms in total. The van der Waals surface area contributed by atoms with Crippen molar-refractivity contribution in [1.29, 1.82) is 0 Å². The van der Waals surface area contributed by atoms with Gasteiger partial charge in [0.05, 0.1) is 34.1 Å². The number of aromatic nitrogens is 2. The lowest BCUT2D eigenvalue weighted by atomic mass is 9.95. The SMILES string of the molecule is Cc1nn(Cc2ccc(C(=O)Nc3sc4c(c3C(=O)OC(C)C)CCCC4)o2)c(C)c1Br. The minimum absolute atomic E-state index is 0.190. The van der Waals surface area contributed by atoms with Gasteiger partial charge >= 0.3 is 5.97 Å². The first-order valence-corrected chi connectivity index (χ1v) is 12.3. The molecular weight excluding hydrogens is 494 g/mol. The molecule has 0 saturated carbocycles. The van der Waals surface area contributed by atoms with Crippen LogP contribution in [-0.4, -0.2) is 27.8 Å². The van der Waals surface area contributed by atoms with Crippen LogP contribution in [0.5, 0.6) is 0 Å². The maximum atomic E-state index is 12.9. The first-order valence-electron chi connectivity index (χ1n) is 10.7. The van der Waals surface area contributed by atoms with E-state index < -0.39 is 0 Å². The fourth-order valence-corrected chi connectivity index (χ4v) is 5.43. The van der Waals surface area contributed by atoms with E-state index in [9.17, 15) is 9.59 Å². The number of rotatable bonds is 6. The minimum atomic E-state index is -0.386. The van der Waals surface area contributed by atoms with Crippen molar-refractivity contribution in [1.82, 2.24) is 9.78 Å². The van der Waals surface area contributed by atoms with Crippen molar-refractivity contribution in [2.24, 2.45) is 0 Å². The third-order valence-electron chi connectivity index (χ3n) is 5.43. The molecule has 32 heavy (non-hydrogen) atoms. The van der Waals surface area contributed by atoms with E-state index in [4.69, 9.17) is 9.15 Å². The summed E-state index contributed by atoms with van der Waals surface area (Å²) in [6.45, 7) is 7.96. The van der Waals surface area contributed by atoms with Crippen LogP contribution in [0.3, 0.4) is 0 Å². The minimum Gasteiger partial charge on any atom is -0.459 e. The van der Waals surface area contributed by atoms with Gasteiger partial charge in [0.25, 0.3) is 5.91 Å². The topological polar surface area (TPSA) is 86.4 Å². The Labute approximate surface area is 199 Å². The van der Waals surface area contributed by atoms with E-state index in [2.05, 4.69) is 26.3 Å². The molecule has 9 heteroatoms. The molecule has 0 radical (unpaired) electrons. The lowest BCUT2D eigenvalue weighted by Crippen LogP contribution is -2.17. The number of esters is 1. The molecule has 170 valence electrons. The molecule has 0 fully saturated rings. The smallest absolute Gasteiger partial charge is 0.341 e. The number of amides is 1. The quantitative estimate of drug-likeness (QED) is 0.424. The Morgan fingerprint density at radius 2 is 2.03 bits per heavy atom. The number of furan rings is 1. The number of thiophene rings is 1. The summed E-state index contributed by atoms with van der Waals surface area (Å²) >= 11 is 4.98. The normalized spacial score (nSPS) is 13.3. The van der Waals surface area contributed by atoms with E-state index >= 15 is 0 Å². The molecule has 1 aliphatic carbocycles. The van der Waals surface area contributed by atoms with Crippen molar-refractivity contribution in [3.05, 3.63) is 55.5 Å². The molecule has 4 rings (SSSR count). The average molecular weight is 520 g/mol. The van der Waals surface area contributed by atoms with E-state index in [1.807, 2.05) is 32.4 Å². The Bertz CT molecular complexity index is 1170. The van der Waals surface area contributed by atoms with E-state index in [-0.39, 0.29) is 23.7 Å². The van der Waals surface area contributed by atoms with Gasteiger partial charge in [-0.3, -0.25) is 9.48 Å². The Kier molecular flexibility index (Phi) is 6.57. The highest BCUT2D eigenvalue weighted by molar-refractivity contribution is 9.10. The molecule has 0 spiro atoms. The van der Waals surface area contributed by atoms with Crippen LogP contribution in [0.2, 0.25) is 0 Å². The van der Waals surface area contributed by atoms with Gasteiger partial charge in [0, 0.05) is 4.88 Å². The van der Waals surface area contributed by atoms with Gasteiger partial charge in [-0.25, -0.2) is 4.79 Å². The average Bonchev–Trinajstić information content (AvgIpc) is 3.41. The number of hydrogen-bond donors (Lipinski definition) is 1. The standard InChI is InChI=1S/C23H26BrN3O4S/c1-12(2)30-23(29)19-16-7-5-6-8-18(16)32-22(19)25-21(28)17-10-9-15(31-17)11-27-14(4)20(24)13(3)26-27/h9-10,12H,5-8,11H2,1-4H3,(H,25,28). The van der Waals surface area contributed by atoms with Crippen molar-refractivity contribution in [3.8, 4) is 0 Å². The Balaban J connectivity index is 1.55. The van der Waals surface area contributed by atoms with Gasteiger partial charge < -0.3 is 14.5 Å². The maximum Gasteiger partial charge on any atom is 0.341 e. The van der Waals surface area contributed by atoms with Crippen LogP contribution in [0.15, 0.2) is 21.0 Å². The number of anilines is 1. The summed E-state index contributed by atoms with van der Waals surface area (Å²) < 4.78 is 14.0. The molecule has 0 aliphatic heterocycles. The zero-order chi connectivity index (χ0) is 23.0. The van der Waals surface area contributed by atoms with Gasteiger partial charge in [-0.15, -0.1) is 11.3 Å². The number of nitrogens with one attached hydrogen (secondary N) is 1. The number of hydrogen-bond acceptors (Lipinski definition) is 6. The lowest BCUT2D eigenvalue weighted by molar-refractivity contribution is 0.0378. The lowest BCUT2D eigenvalue weighted by Gasteiger charge is -2.14. The van der Waals surface area contributed by atoms with Crippen LogP contribution < -0.4 is 5.32 Å². The molecule has 0 atom stereocenters. The molecule has 0 aromatic carbocycles. The van der Waals surface area contributed by atoms with Crippen LogP contribution in [0.25, 0.3) is 0 Å². The highest BCUT2D eigenvalue weighted by Gasteiger charge is 2.28. The van der Waals surface area contributed by atoms with Crippen LogP contribution >= 0.6 is 27.3 Å². The molecule has 1 N–H and O–H groups in total. The second kappa shape index (κ2) is 9.23. The summed E-state index contributed by atoms with van der Waals surface area (Å²) in [6, 6.07) is 3.41. The third-order valence-corrected chi connectivity index (χ3v) is 7.78. The molecular formula is C23H26BrN3O4S. The number of fused-ring (bicyclic) bond motifs is 1. The first-order chi connectivity index (χ1) is 15.2. The number of ether oxygens (including phenoxy) is 1.